The Balaban J connectivity index is 1.80. The van der Waals surface area contributed by atoms with Crippen molar-refractivity contribution >= 4 is 11.4 Å². The summed E-state index contributed by atoms with van der Waals surface area (Å²) in [6.45, 7) is 22.7. The Morgan fingerprint density at radius 3 is 2.25 bits per heavy atom. The fourth-order valence-corrected chi connectivity index (χ4v) is 4.70. The van der Waals surface area contributed by atoms with Crippen molar-refractivity contribution in [1.29, 1.82) is 0 Å². The molecule has 1 fully saturated rings. The summed E-state index contributed by atoms with van der Waals surface area (Å²) in [7, 11) is 0. The van der Waals surface area contributed by atoms with E-state index in [0.29, 0.717) is 11.8 Å². The molecule has 2 heteroatoms. The van der Waals surface area contributed by atoms with Crippen LogP contribution in [0.3, 0.4) is 0 Å². The Labute approximate surface area is 170 Å². The zero-order valence-corrected chi connectivity index (χ0v) is 18.2. The van der Waals surface area contributed by atoms with Crippen LogP contribution in [0.25, 0.3) is 5.70 Å². The SMILES string of the molecule is C=C(NCC)c1cc(NC(=C)C2C(c3cc(C)cc(C)c3)C2(C)C)ccc1C. The van der Waals surface area contributed by atoms with Gasteiger partial charge in [0.2, 0.25) is 0 Å². The first-order valence-electron chi connectivity index (χ1n) is 10.2. The van der Waals surface area contributed by atoms with Crippen molar-refractivity contribution in [2.75, 3.05) is 11.9 Å². The maximum absolute atomic E-state index is 4.41. The molecule has 2 unspecified atom stereocenters. The van der Waals surface area contributed by atoms with E-state index in [1.807, 2.05) is 0 Å². The largest absolute Gasteiger partial charge is 0.385 e. The average Bonchev–Trinajstić information content (AvgIpc) is 3.18. The summed E-state index contributed by atoms with van der Waals surface area (Å²) in [5.74, 6) is 0.933. The van der Waals surface area contributed by atoms with E-state index in [-0.39, 0.29) is 5.41 Å². The molecule has 2 aromatic carbocycles. The highest BCUT2D eigenvalue weighted by Gasteiger charge is 2.59. The van der Waals surface area contributed by atoms with E-state index in [2.05, 4.69) is 102 Å². The number of benzene rings is 2. The minimum atomic E-state index is 0.213. The highest BCUT2D eigenvalue weighted by molar-refractivity contribution is 5.69. The van der Waals surface area contributed by atoms with Crippen LogP contribution in [0.15, 0.2) is 55.3 Å². The minimum absolute atomic E-state index is 0.213. The Morgan fingerprint density at radius 2 is 1.64 bits per heavy atom. The van der Waals surface area contributed by atoms with Crippen molar-refractivity contribution in [3.8, 4) is 0 Å². The predicted octanol–water partition coefficient (Wildman–Crippen LogP) is 6.56. The first-order valence-corrected chi connectivity index (χ1v) is 10.2. The van der Waals surface area contributed by atoms with Gasteiger partial charge in [-0.15, -0.1) is 0 Å². The van der Waals surface area contributed by atoms with Gasteiger partial charge in [-0.2, -0.15) is 0 Å². The molecule has 1 saturated carbocycles. The van der Waals surface area contributed by atoms with E-state index in [1.54, 1.807) is 0 Å². The van der Waals surface area contributed by atoms with Gasteiger partial charge >= 0.3 is 0 Å². The molecule has 1 aliphatic carbocycles. The van der Waals surface area contributed by atoms with Gasteiger partial charge in [-0.1, -0.05) is 62.4 Å². The molecule has 2 atom stereocenters. The van der Waals surface area contributed by atoms with Crippen LogP contribution in [0, 0.1) is 32.1 Å². The molecule has 0 spiro atoms. The highest BCUT2D eigenvalue weighted by Crippen LogP contribution is 2.67. The lowest BCUT2D eigenvalue weighted by molar-refractivity contribution is 0.585. The summed E-state index contributed by atoms with van der Waals surface area (Å²) in [5, 5.41) is 6.92. The molecular formula is C26H34N2. The van der Waals surface area contributed by atoms with E-state index in [4.69, 9.17) is 0 Å². The number of nitrogens with one attached hydrogen (secondary N) is 2. The summed E-state index contributed by atoms with van der Waals surface area (Å²) < 4.78 is 0. The molecule has 1 aliphatic rings. The zero-order valence-electron chi connectivity index (χ0n) is 18.2. The first-order chi connectivity index (χ1) is 13.1. The van der Waals surface area contributed by atoms with Crippen molar-refractivity contribution in [3.05, 3.63) is 83.1 Å². The molecule has 0 heterocycles. The smallest absolute Gasteiger partial charge is 0.0388 e. The Kier molecular flexibility index (Phi) is 5.43. The number of hydrogen-bond donors (Lipinski definition) is 2. The lowest BCUT2D eigenvalue weighted by Crippen LogP contribution is -2.11. The molecule has 2 nitrogen and oxygen atoms in total. The zero-order chi connectivity index (χ0) is 20.6. The molecule has 0 bridgehead atoms. The number of aryl methyl sites for hydroxylation is 3. The van der Waals surface area contributed by atoms with E-state index in [9.17, 15) is 0 Å². The van der Waals surface area contributed by atoms with Gasteiger partial charge in [0.25, 0.3) is 0 Å². The van der Waals surface area contributed by atoms with Crippen LogP contribution in [-0.2, 0) is 0 Å². The Bertz CT molecular complexity index is 900. The molecule has 148 valence electrons. The van der Waals surface area contributed by atoms with Gasteiger partial charge < -0.3 is 10.6 Å². The molecule has 0 amide bonds. The van der Waals surface area contributed by atoms with Crippen LogP contribution in [0.5, 0.6) is 0 Å². The van der Waals surface area contributed by atoms with Crippen LogP contribution in [0.1, 0.15) is 54.5 Å². The molecule has 0 saturated heterocycles. The fourth-order valence-electron chi connectivity index (χ4n) is 4.70. The molecule has 0 aliphatic heterocycles. The number of allylic oxidation sites excluding steroid dienone is 1. The monoisotopic (exact) mass is 374 g/mol. The number of hydrogen-bond acceptors (Lipinski definition) is 2. The van der Waals surface area contributed by atoms with Crippen LogP contribution in [-0.4, -0.2) is 6.54 Å². The lowest BCUT2D eigenvalue weighted by Gasteiger charge is -2.15. The van der Waals surface area contributed by atoms with Gasteiger partial charge in [0.1, 0.15) is 0 Å². The number of anilines is 1. The second kappa shape index (κ2) is 7.50. The molecule has 2 N–H and O–H groups in total. The van der Waals surface area contributed by atoms with E-state index < -0.39 is 0 Å². The van der Waals surface area contributed by atoms with Crippen molar-refractivity contribution in [2.24, 2.45) is 11.3 Å². The quantitative estimate of drug-likeness (QED) is 0.573. The Morgan fingerprint density at radius 1 is 1.00 bits per heavy atom. The van der Waals surface area contributed by atoms with Crippen molar-refractivity contribution < 1.29 is 0 Å². The molecule has 28 heavy (non-hydrogen) atoms. The third-order valence-corrected chi connectivity index (χ3v) is 6.06. The van der Waals surface area contributed by atoms with Gasteiger partial charge in [-0.25, -0.2) is 0 Å². The number of rotatable bonds is 7. The van der Waals surface area contributed by atoms with Crippen LogP contribution < -0.4 is 10.6 Å². The van der Waals surface area contributed by atoms with Crippen LogP contribution in [0.4, 0.5) is 5.69 Å². The van der Waals surface area contributed by atoms with Gasteiger partial charge in [-0.3, -0.25) is 0 Å². The molecule has 3 rings (SSSR count). The third kappa shape index (κ3) is 3.87. The molecule has 0 radical (unpaired) electrons. The van der Waals surface area contributed by atoms with E-state index >= 15 is 0 Å². The fraction of sp³-hybridized carbons (Fsp3) is 0.385. The van der Waals surface area contributed by atoms with Crippen molar-refractivity contribution in [3.63, 3.8) is 0 Å². The maximum atomic E-state index is 4.41. The maximum Gasteiger partial charge on any atom is 0.0388 e. The average molecular weight is 375 g/mol. The molecule has 2 aromatic rings. The van der Waals surface area contributed by atoms with Crippen LogP contribution >= 0.6 is 0 Å². The molecular weight excluding hydrogens is 340 g/mol. The standard InChI is InChI=1S/C26H34N2/c1-9-27-19(5)23-15-22(11-10-18(23)4)28-20(6)24-25(26(24,7)8)21-13-16(2)12-17(3)14-21/h10-15,24-25,27-28H,5-6,9H2,1-4,7-8H3. The summed E-state index contributed by atoms with van der Waals surface area (Å²) in [5.41, 5.74) is 9.83. The Hall–Kier alpha value is -2.48. The highest BCUT2D eigenvalue weighted by atomic mass is 14.9. The summed E-state index contributed by atoms with van der Waals surface area (Å²) in [4.78, 5) is 0. The lowest BCUT2D eigenvalue weighted by atomic mass is 9.99. The third-order valence-electron chi connectivity index (χ3n) is 6.06. The van der Waals surface area contributed by atoms with Gasteiger partial charge in [0.05, 0.1) is 0 Å². The predicted molar refractivity (Wildman–Crippen MR) is 123 cm³/mol. The van der Waals surface area contributed by atoms with E-state index in [1.165, 1.54) is 22.3 Å². The second-order valence-corrected chi connectivity index (χ2v) is 8.89. The van der Waals surface area contributed by atoms with Crippen molar-refractivity contribution in [1.82, 2.24) is 5.32 Å². The van der Waals surface area contributed by atoms with Crippen molar-refractivity contribution in [2.45, 2.75) is 47.5 Å². The van der Waals surface area contributed by atoms with E-state index in [0.717, 1.165) is 29.2 Å². The molecule has 0 aromatic heterocycles. The van der Waals surface area contributed by atoms with Gasteiger partial charge in [0, 0.05) is 35.1 Å². The summed E-state index contributed by atoms with van der Waals surface area (Å²) in [6.07, 6.45) is 0. The minimum Gasteiger partial charge on any atom is -0.385 e. The summed E-state index contributed by atoms with van der Waals surface area (Å²) >= 11 is 0. The normalized spacial score (nSPS) is 19.8. The van der Waals surface area contributed by atoms with Gasteiger partial charge in [-0.05, 0) is 62.3 Å². The topological polar surface area (TPSA) is 24.1 Å². The second-order valence-electron chi connectivity index (χ2n) is 8.89. The van der Waals surface area contributed by atoms with Crippen LogP contribution in [0.2, 0.25) is 0 Å². The van der Waals surface area contributed by atoms with Gasteiger partial charge in [0.15, 0.2) is 0 Å². The first kappa shape index (κ1) is 20.3. The summed E-state index contributed by atoms with van der Waals surface area (Å²) in [6, 6.07) is 13.4.